The van der Waals surface area contributed by atoms with Gasteiger partial charge in [0.25, 0.3) is 0 Å². The van der Waals surface area contributed by atoms with Gasteiger partial charge in [-0.05, 0) is 24.6 Å². The van der Waals surface area contributed by atoms with E-state index in [1.807, 2.05) is 6.07 Å². The van der Waals surface area contributed by atoms with Gasteiger partial charge in [0.1, 0.15) is 0 Å². The van der Waals surface area contributed by atoms with E-state index >= 15 is 0 Å². The number of ether oxygens (including phenoxy) is 3. The lowest BCUT2D eigenvalue weighted by molar-refractivity contribution is 0.00483. The van der Waals surface area contributed by atoms with E-state index in [1.165, 1.54) is 5.56 Å². The third-order valence-corrected chi connectivity index (χ3v) is 3.66. The summed E-state index contributed by atoms with van der Waals surface area (Å²) in [6.45, 7) is 7.05. The molecular weight excluding hydrogens is 256 g/mol. The Morgan fingerprint density at radius 1 is 1.05 bits per heavy atom. The lowest BCUT2D eigenvalue weighted by Gasteiger charge is -2.30. The summed E-state index contributed by atoms with van der Waals surface area (Å²) in [5.74, 6) is 1.71. The fraction of sp³-hybridized carbons (Fsp3) is 0.600. The first-order valence-corrected chi connectivity index (χ1v) is 7.31. The molecule has 2 aliphatic heterocycles. The summed E-state index contributed by atoms with van der Waals surface area (Å²) in [4.78, 5) is 0. The molecule has 0 saturated carbocycles. The molecule has 20 heavy (non-hydrogen) atoms. The zero-order valence-corrected chi connectivity index (χ0v) is 11.9. The topological polar surface area (TPSA) is 43.0 Å². The van der Waals surface area contributed by atoms with Crippen LogP contribution < -0.4 is 14.9 Å². The zero-order valence-electron chi connectivity index (χ0n) is 11.9. The molecule has 1 atom stereocenters. The molecule has 1 N–H and O–H groups in total. The van der Waals surface area contributed by atoms with Crippen molar-refractivity contribution < 1.29 is 14.2 Å². The Balaban J connectivity index is 1.67. The maximum atomic E-state index is 5.74. The molecule has 2 heterocycles. The van der Waals surface area contributed by atoms with Gasteiger partial charge in [-0.3, -0.25) is 0 Å². The van der Waals surface area contributed by atoms with Crippen LogP contribution in [0, 0.1) is 0 Å². The Bertz CT molecular complexity index is 447. The van der Waals surface area contributed by atoms with E-state index in [1.54, 1.807) is 0 Å². The molecule has 1 saturated heterocycles. The van der Waals surface area contributed by atoms with Crippen LogP contribution in [0.5, 0.6) is 11.5 Å². The highest BCUT2D eigenvalue weighted by Gasteiger charge is 2.16. The lowest BCUT2D eigenvalue weighted by atomic mass is 10.1. The van der Waals surface area contributed by atoms with Crippen LogP contribution in [0.4, 0.5) is 0 Å². The van der Waals surface area contributed by atoms with Gasteiger partial charge >= 0.3 is 0 Å². The first-order valence-electron chi connectivity index (χ1n) is 7.31. The molecule has 2 aliphatic rings. The maximum absolute atomic E-state index is 5.74. The van der Waals surface area contributed by atoms with Gasteiger partial charge in [0.05, 0.1) is 26.4 Å². The number of benzene rings is 1. The van der Waals surface area contributed by atoms with Crippen LogP contribution in [0.1, 0.15) is 24.9 Å². The highest BCUT2D eigenvalue weighted by atomic mass is 16.5. The zero-order chi connectivity index (χ0) is 13.8. The maximum Gasteiger partial charge on any atom is 0.161 e. The minimum Gasteiger partial charge on any atom is -0.490 e. The summed E-state index contributed by atoms with van der Waals surface area (Å²) in [6, 6.07) is 6.43. The minimum atomic E-state index is 0.241. The summed E-state index contributed by atoms with van der Waals surface area (Å²) < 4.78 is 16.8. The molecule has 5 heteroatoms. The molecule has 0 amide bonds. The second-order valence-corrected chi connectivity index (χ2v) is 5.21. The highest BCUT2D eigenvalue weighted by Crippen LogP contribution is 2.32. The van der Waals surface area contributed by atoms with E-state index in [9.17, 15) is 0 Å². The van der Waals surface area contributed by atoms with Gasteiger partial charge in [-0.25, -0.2) is 10.4 Å². The third kappa shape index (κ3) is 3.23. The minimum absolute atomic E-state index is 0.241. The molecule has 1 unspecified atom stereocenters. The van der Waals surface area contributed by atoms with Gasteiger partial charge in [0, 0.05) is 25.6 Å². The Morgan fingerprint density at radius 2 is 1.80 bits per heavy atom. The van der Waals surface area contributed by atoms with Crippen molar-refractivity contribution in [1.82, 2.24) is 10.4 Å². The Kier molecular flexibility index (Phi) is 4.40. The molecule has 0 radical (unpaired) electrons. The number of rotatable bonds is 3. The third-order valence-electron chi connectivity index (χ3n) is 3.66. The second-order valence-electron chi connectivity index (χ2n) is 5.21. The van der Waals surface area contributed by atoms with E-state index in [2.05, 4.69) is 29.5 Å². The summed E-state index contributed by atoms with van der Waals surface area (Å²) >= 11 is 0. The number of fused-ring (bicyclic) bond motifs is 1. The van der Waals surface area contributed by atoms with Gasteiger partial charge < -0.3 is 14.2 Å². The average Bonchev–Trinajstić information content (AvgIpc) is 2.72. The molecule has 110 valence electrons. The Morgan fingerprint density at radius 3 is 2.60 bits per heavy atom. The van der Waals surface area contributed by atoms with E-state index in [0.29, 0.717) is 0 Å². The van der Waals surface area contributed by atoms with Crippen molar-refractivity contribution in [2.24, 2.45) is 0 Å². The molecular formula is C15H22N2O3. The summed E-state index contributed by atoms with van der Waals surface area (Å²) in [5, 5.41) is 2.22. The van der Waals surface area contributed by atoms with Crippen LogP contribution in [0.3, 0.4) is 0 Å². The number of hydrogen-bond acceptors (Lipinski definition) is 5. The van der Waals surface area contributed by atoms with Crippen LogP contribution in [-0.2, 0) is 4.74 Å². The van der Waals surface area contributed by atoms with E-state index in [4.69, 9.17) is 14.2 Å². The first-order chi connectivity index (χ1) is 9.83. The molecule has 0 spiro atoms. The van der Waals surface area contributed by atoms with Gasteiger partial charge in [-0.2, -0.15) is 0 Å². The average molecular weight is 278 g/mol. The molecule has 0 aliphatic carbocycles. The van der Waals surface area contributed by atoms with Crippen molar-refractivity contribution in [3.63, 3.8) is 0 Å². The molecule has 5 nitrogen and oxygen atoms in total. The summed E-state index contributed by atoms with van der Waals surface area (Å²) in [6.07, 6.45) is 0.936. The smallest absolute Gasteiger partial charge is 0.161 e. The van der Waals surface area contributed by atoms with Crippen molar-refractivity contribution in [1.29, 1.82) is 0 Å². The van der Waals surface area contributed by atoms with Crippen LogP contribution in [0.25, 0.3) is 0 Å². The predicted octanol–water partition coefficient (Wildman–Crippen LogP) is 1.75. The van der Waals surface area contributed by atoms with Crippen molar-refractivity contribution in [3.05, 3.63) is 23.8 Å². The molecule has 0 bridgehead atoms. The number of morpholine rings is 1. The second kappa shape index (κ2) is 6.43. The van der Waals surface area contributed by atoms with Gasteiger partial charge in [-0.15, -0.1) is 0 Å². The summed E-state index contributed by atoms with van der Waals surface area (Å²) in [7, 11) is 0. The normalized spacial score (nSPS) is 21.2. The molecule has 3 rings (SSSR count). The number of hydrogen-bond donors (Lipinski definition) is 1. The lowest BCUT2D eigenvalue weighted by Crippen LogP contribution is -2.46. The first kappa shape index (κ1) is 13.7. The van der Waals surface area contributed by atoms with E-state index in [0.717, 1.165) is 57.4 Å². The molecule has 1 aromatic carbocycles. The van der Waals surface area contributed by atoms with Gasteiger partial charge in [0.2, 0.25) is 0 Å². The fourth-order valence-corrected chi connectivity index (χ4v) is 2.49. The standard InChI is InChI=1S/C15H22N2O3/c1-12(16-17-5-9-18-10-6-17)13-3-4-14-15(11-13)20-8-2-7-19-14/h3-4,11-12,16H,2,5-10H2,1H3. The number of nitrogens with one attached hydrogen (secondary N) is 1. The van der Waals surface area contributed by atoms with Gasteiger partial charge in [-0.1, -0.05) is 6.07 Å². The fourth-order valence-electron chi connectivity index (χ4n) is 2.49. The number of hydrazine groups is 1. The van der Waals surface area contributed by atoms with Crippen LogP contribution >= 0.6 is 0 Å². The van der Waals surface area contributed by atoms with Crippen molar-refractivity contribution in [2.45, 2.75) is 19.4 Å². The SMILES string of the molecule is CC(NN1CCOCC1)c1ccc2c(c1)OCCCO2. The monoisotopic (exact) mass is 278 g/mol. The van der Waals surface area contributed by atoms with Crippen molar-refractivity contribution in [3.8, 4) is 11.5 Å². The largest absolute Gasteiger partial charge is 0.490 e. The highest BCUT2D eigenvalue weighted by molar-refractivity contribution is 5.44. The molecule has 1 aromatic rings. The quantitative estimate of drug-likeness (QED) is 0.912. The van der Waals surface area contributed by atoms with Crippen molar-refractivity contribution >= 4 is 0 Å². The predicted molar refractivity (Wildman–Crippen MR) is 76.0 cm³/mol. The number of nitrogens with zero attached hydrogens (tertiary/aromatic N) is 1. The van der Waals surface area contributed by atoms with E-state index in [-0.39, 0.29) is 6.04 Å². The van der Waals surface area contributed by atoms with E-state index < -0.39 is 0 Å². The van der Waals surface area contributed by atoms with Crippen LogP contribution in [0.2, 0.25) is 0 Å². The summed E-state index contributed by atoms with van der Waals surface area (Å²) in [5.41, 5.74) is 4.72. The van der Waals surface area contributed by atoms with Gasteiger partial charge in [0.15, 0.2) is 11.5 Å². The Hall–Kier alpha value is -1.30. The van der Waals surface area contributed by atoms with Crippen molar-refractivity contribution in [2.75, 3.05) is 39.5 Å². The Labute approximate surface area is 119 Å². The molecule has 0 aromatic heterocycles. The van der Waals surface area contributed by atoms with Crippen LogP contribution in [0.15, 0.2) is 18.2 Å². The van der Waals surface area contributed by atoms with Crippen LogP contribution in [-0.4, -0.2) is 44.5 Å². The molecule has 1 fully saturated rings.